The molecule has 0 aliphatic rings. The van der Waals surface area contributed by atoms with Gasteiger partial charge in [0.25, 0.3) is 0 Å². The maximum atomic E-state index is 12.3. The fourth-order valence-electron chi connectivity index (χ4n) is 2.75. The molecule has 0 aliphatic carbocycles. The van der Waals surface area contributed by atoms with Gasteiger partial charge in [-0.25, -0.2) is 9.59 Å². The number of carboxylic acids is 2. The molecule has 0 fully saturated rings. The average molecular weight is 447 g/mol. The van der Waals surface area contributed by atoms with Crippen LogP contribution in [0.4, 0.5) is 0 Å². The number of esters is 1. The summed E-state index contributed by atoms with van der Waals surface area (Å²) in [6.07, 6.45) is -1.18. The molecule has 0 saturated heterocycles. The summed E-state index contributed by atoms with van der Waals surface area (Å²) >= 11 is 0. The fourth-order valence-corrected chi connectivity index (χ4v) is 2.75. The van der Waals surface area contributed by atoms with Crippen LogP contribution in [-0.4, -0.2) is 40.1 Å². The van der Waals surface area contributed by atoms with Crippen molar-refractivity contribution >= 4 is 23.8 Å². The number of ether oxygens (including phenoxy) is 1. The Hall–Kier alpha value is -3.70. The lowest BCUT2D eigenvalue weighted by Gasteiger charge is -2.16. The Balaban J connectivity index is 1.93. The van der Waals surface area contributed by atoms with Gasteiger partial charge in [-0.3, -0.25) is 9.59 Å². The van der Waals surface area contributed by atoms with Crippen LogP contribution in [0.3, 0.4) is 0 Å². The van der Waals surface area contributed by atoms with Gasteiger partial charge < -0.3 is 36.2 Å². The van der Waals surface area contributed by atoms with Crippen LogP contribution in [0.1, 0.15) is 47.8 Å². The van der Waals surface area contributed by atoms with Gasteiger partial charge in [-0.2, -0.15) is 0 Å². The third-order valence-electron chi connectivity index (χ3n) is 4.55. The number of carboxylic acid groups (broad SMARTS) is 2. The van der Waals surface area contributed by atoms with E-state index < -0.39 is 48.4 Å². The predicted molar refractivity (Wildman–Crippen MR) is 111 cm³/mol. The number of carbonyl (C=O) groups is 4. The molecule has 0 bridgehead atoms. The molecule has 11 heteroatoms. The van der Waals surface area contributed by atoms with Crippen LogP contribution in [0.25, 0.3) is 0 Å². The van der Waals surface area contributed by atoms with Crippen molar-refractivity contribution in [2.75, 3.05) is 0 Å². The first kappa shape index (κ1) is 24.6. The van der Waals surface area contributed by atoms with Gasteiger partial charge in [-0.15, -0.1) is 0 Å². The molecule has 1 amide bonds. The zero-order valence-corrected chi connectivity index (χ0v) is 17.3. The van der Waals surface area contributed by atoms with E-state index >= 15 is 0 Å². The number of furan rings is 1. The van der Waals surface area contributed by atoms with E-state index in [0.717, 1.165) is 0 Å². The standard InChI is InChI=1S/C21H25N3O8/c1-11(19(27)24-15(20(28)29)7-9-17(25)26)10-14-6-8-16(31-14)21(30)32-13-4-2-12(3-5-13)18(22)23/h2-6,8,11,15,18H,7,9-10,22-23H2,1H3,(H,24,27)(H,25,26)(H,28,29)/t11?,15-/m0/s1. The molecule has 1 aromatic heterocycles. The Bertz CT molecular complexity index is 968. The van der Waals surface area contributed by atoms with E-state index in [9.17, 15) is 19.2 Å². The highest BCUT2D eigenvalue weighted by Gasteiger charge is 2.25. The number of carbonyl (C=O) groups excluding carboxylic acids is 2. The maximum Gasteiger partial charge on any atom is 0.379 e. The van der Waals surface area contributed by atoms with Gasteiger partial charge in [-0.1, -0.05) is 19.1 Å². The molecule has 2 atom stereocenters. The molecule has 0 radical (unpaired) electrons. The molecule has 7 N–H and O–H groups in total. The molecular formula is C21H25N3O8. The number of hydrogen-bond acceptors (Lipinski definition) is 8. The van der Waals surface area contributed by atoms with Gasteiger partial charge in [0, 0.05) is 18.8 Å². The molecule has 2 aromatic rings. The maximum absolute atomic E-state index is 12.3. The normalized spacial score (nSPS) is 12.8. The van der Waals surface area contributed by atoms with Crippen molar-refractivity contribution in [2.24, 2.45) is 17.4 Å². The lowest BCUT2D eigenvalue weighted by atomic mass is 10.0. The molecule has 2 rings (SSSR count). The molecule has 1 heterocycles. The van der Waals surface area contributed by atoms with E-state index in [1.807, 2.05) is 0 Å². The summed E-state index contributed by atoms with van der Waals surface area (Å²) < 4.78 is 10.7. The van der Waals surface area contributed by atoms with Gasteiger partial charge in [0.2, 0.25) is 11.7 Å². The van der Waals surface area contributed by atoms with Gasteiger partial charge in [0.05, 0.1) is 6.17 Å². The molecule has 1 aromatic carbocycles. The molecule has 172 valence electrons. The van der Waals surface area contributed by atoms with E-state index in [-0.39, 0.29) is 24.4 Å². The Morgan fingerprint density at radius 1 is 1.06 bits per heavy atom. The minimum Gasteiger partial charge on any atom is -0.481 e. The fraction of sp³-hybridized carbons (Fsp3) is 0.333. The molecule has 0 spiro atoms. The van der Waals surface area contributed by atoms with Crippen molar-refractivity contribution in [2.45, 2.75) is 38.4 Å². The second kappa shape index (κ2) is 11.1. The number of aliphatic carboxylic acids is 2. The summed E-state index contributed by atoms with van der Waals surface area (Å²) in [6.45, 7) is 1.55. The van der Waals surface area contributed by atoms with Crippen molar-refractivity contribution in [3.05, 3.63) is 53.5 Å². The van der Waals surface area contributed by atoms with Crippen molar-refractivity contribution in [1.82, 2.24) is 5.32 Å². The van der Waals surface area contributed by atoms with E-state index in [0.29, 0.717) is 11.3 Å². The van der Waals surface area contributed by atoms with Gasteiger partial charge >= 0.3 is 17.9 Å². The van der Waals surface area contributed by atoms with Crippen LogP contribution < -0.4 is 21.5 Å². The van der Waals surface area contributed by atoms with Crippen LogP contribution in [0.5, 0.6) is 5.75 Å². The number of benzene rings is 1. The summed E-state index contributed by atoms with van der Waals surface area (Å²) in [4.78, 5) is 46.4. The zero-order valence-electron chi connectivity index (χ0n) is 17.3. The predicted octanol–water partition coefficient (Wildman–Crippen LogP) is 1.03. The Labute approximate surface area is 183 Å². The molecule has 11 nitrogen and oxygen atoms in total. The highest BCUT2D eigenvalue weighted by Crippen LogP contribution is 2.18. The molecule has 32 heavy (non-hydrogen) atoms. The van der Waals surface area contributed by atoms with Crippen molar-refractivity contribution in [3.8, 4) is 5.75 Å². The summed E-state index contributed by atoms with van der Waals surface area (Å²) in [5.74, 6) is -3.97. The second-order valence-corrected chi connectivity index (χ2v) is 7.19. The number of hydrogen-bond donors (Lipinski definition) is 5. The summed E-state index contributed by atoms with van der Waals surface area (Å²) in [6, 6.07) is 7.93. The second-order valence-electron chi connectivity index (χ2n) is 7.19. The van der Waals surface area contributed by atoms with Crippen LogP contribution >= 0.6 is 0 Å². The van der Waals surface area contributed by atoms with E-state index in [4.69, 9.17) is 30.8 Å². The third-order valence-corrected chi connectivity index (χ3v) is 4.55. The van der Waals surface area contributed by atoms with Crippen LogP contribution in [0.15, 0.2) is 40.8 Å². The number of nitrogens with one attached hydrogen (secondary N) is 1. The number of rotatable bonds is 11. The summed E-state index contributed by atoms with van der Waals surface area (Å²) in [5, 5.41) is 20.1. The van der Waals surface area contributed by atoms with Crippen molar-refractivity contribution in [1.29, 1.82) is 0 Å². The largest absolute Gasteiger partial charge is 0.481 e. The van der Waals surface area contributed by atoms with E-state index in [1.165, 1.54) is 12.1 Å². The molecule has 1 unspecified atom stereocenters. The molecular weight excluding hydrogens is 422 g/mol. The van der Waals surface area contributed by atoms with Crippen molar-refractivity contribution in [3.63, 3.8) is 0 Å². The first-order chi connectivity index (χ1) is 15.1. The van der Waals surface area contributed by atoms with Crippen LogP contribution in [-0.2, 0) is 20.8 Å². The number of amides is 1. The van der Waals surface area contributed by atoms with Gasteiger partial charge in [0.15, 0.2) is 0 Å². The Morgan fingerprint density at radius 2 is 1.72 bits per heavy atom. The van der Waals surface area contributed by atoms with Crippen molar-refractivity contribution < 1.29 is 38.5 Å². The van der Waals surface area contributed by atoms with Crippen LogP contribution in [0.2, 0.25) is 0 Å². The quantitative estimate of drug-likeness (QED) is 0.188. The summed E-state index contributed by atoms with van der Waals surface area (Å²) in [5.41, 5.74) is 11.8. The Morgan fingerprint density at radius 3 is 2.28 bits per heavy atom. The SMILES string of the molecule is CC(Cc1ccc(C(=O)Oc2ccc(C(N)N)cc2)o1)C(=O)N[C@@H](CCC(=O)O)C(=O)O. The minimum atomic E-state index is -1.32. The van der Waals surface area contributed by atoms with Crippen LogP contribution in [0, 0.1) is 5.92 Å². The van der Waals surface area contributed by atoms with Gasteiger partial charge in [-0.05, 0) is 36.2 Å². The molecule has 0 saturated carbocycles. The lowest BCUT2D eigenvalue weighted by Crippen LogP contribution is -2.43. The van der Waals surface area contributed by atoms with E-state index in [2.05, 4.69) is 5.32 Å². The number of nitrogens with two attached hydrogens (primary N) is 2. The zero-order chi connectivity index (χ0) is 23.8. The van der Waals surface area contributed by atoms with Gasteiger partial charge in [0.1, 0.15) is 17.6 Å². The highest BCUT2D eigenvalue weighted by atomic mass is 16.5. The topological polar surface area (TPSA) is 195 Å². The monoisotopic (exact) mass is 447 g/mol. The first-order valence-corrected chi connectivity index (χ1v) is 9.73. The Kier molecular flexibility index (Phi) is 8.50. The molecule has 0 aliphatic heterocycles. The highest BCUT2D eigenvalue weighted by molar-refractivity contribution is 5.88. The minimum absolute atomic E-state index is 0.0721. The lowest BCUT2D eigenvalue weighted by molar-refractivity contribution is -0.143. The third kappa shape index (κ3) is 7.22. The summed E-state index contributed by atoms with van der Waals surface area (Å²) in [7, 11) is 0. The smallest absolute Gasteiger partial charge is 0.379 e. The first-order valence-electron chi connectivity index (χ1n) is 9.73. The van der Waals surface area contributed by atoms with E-state index in [1.54, 1.807) is 31.2 Å². The average Bonchev–Trinajstić information content (AvgIpc) is 3.19.